The number of rotatable bonds is 3. The van der Waals surface area contributed by atoms with E-state index in [4.69, 9.17) is 10.7 Å². The van der Waals surface area contributed by atoms with Crippen LogP contribution >= 0.6 is 11.3 Å². The quantitative estimate of drug-likeness (QED) is 0.554. The van der Waals surface area contributed by atoms with E-state index in [1.807, 2.05) is 0 Å². The summed E-state index contributed by atoms with van der Waals surface area (Å²) >= 11 is 1.71. The summed E-state index contributed by atoms with van der Waals surface area (Å²) in [4.78, 5) is 7.31. The first-order valence-corrected chi connectivity index (χ1v) is 9.77. The van der Waals surface area contributed by atoms with Gasteiger partial charge in [-0.15, -0.1) is 0 Å². The number of pyridine rings is 1. The Morgan fingerprint density at radius 3 is 2.73 bits per heavy atom. The molecule has 0 atom stereocenters. The Morgan fingerprint density at radius 2 is 1.92 bits per heavy atom. The molecule has 2 aromatic carbocycles. The largest absolute Gasteiger partial charge is 0.398 e. The van der Waals surface area contributed by atoms with Gasteiger partial charge in [0.25, 0.3) is 0 Å². The highest BCUT2D eigenvalue weighted by molar-refractivity contribution is 7.08. The lowest BCUT2D eigenvalue weighted by Gasteiger charge is -2.19. The van der Waals surface area contributed by atoms with Gasteiger partial charge in [-0.05, 0) is 52.1 Å². The molecule has 0 amide bonds. The fourth-order valence-corrected chi connectivity index (χ4v) is 4.41. The first-order chi connectivity index (χ1) is 12.8. The van der Waals surface area contributed by atoms with E-state index >= 15 is 0 Å². The molecule has 0 fully saturated rings. The number of nitrogens with two attached hydrogens (primary N) is 1. The molecule has 26 heavy (non-hydrogen) atoms. The highest BCUT2D eigenvalue weighted by atomic mass is 32.1. The van der Waals surface area contributed by atoms with Crippen molar-refractivity contribution in [2.45, 2.75) is 13.0 Å². The molecule has 4 heteroatoms. The first kappa shape index (κ1) is 15.4. The number of nitrogen functional groups attached to an aromatic ring is 1. The molecule has 2 N–H and O–H groups in total. The third kappa shape index (κ3) is 2.54. The van der Waals surface area contributed by atoms with Crippen molar-refractivity contribution < 1.29 is 0 Å². The summed E-state index contributed by atoms with van der Waals surface area (Å²) in [6, 6.07) is 19.1. The van der Waals surface area contributed by atoms with Gasteiger partial charge in [0.1, 0.15) is 5.82 Å². The molecule has 0 saturated carbocycles. The average Bonchev–Trinajstić information content (AvgIpc) is 3.34. The molecule has 4 aromatic rings. The lowest BCUT2D eigenvalue weighted by Crippen LogP contribution is -2.20. The van der Waals surface area contributed by atoms with E-state index in [0.717, 1.165) is 41.9 Å². The molecular formula is C22H19N3S. The molecule has 0 radical (unpaired) electrons. The van der Waals surface area contributed by atoms with Gasteiger partial charge in [0.2, 0.25) is 0 Å². The minimum Gasteiger partial charge on any atom is -0.398 e. The van der Waals surface area contributed by atoms with Crippen LogP contribution in [0.5, 0.6) is 0 Å². The normalized spacial score (nSPS) is 13.3. The fraction of sp³-hybridized carbons (Fsp3) is 0.136. The fourth-order valence-electron chi connectivity index (χ4n) is 3.74. The van der Waals surface area contributed by atoms with Crippen LogP contribution in [0.4, 0.5) is 11.5 Å². The second-order valence-corrected chi connectivity index (χ2v) is 7.51. The van der Waals surface area contributed by atoms with Crippen molar-refractivity contribution in [3.05, 3.63) is 76.5 Å². The molecule has 0 unspecified atom stereocenters. The van der Waals surface area contributed by atoms with E-state index in [9.17, 15) is 0 Å². The number of anilines is 2. The smallest absolute Gasteiger partial charge is 0.134 e. The lowest BCUT2D eigenvalue weighted by atomic mass is 10.0. The zero-order valence-corrected chi connectivity index (χ0v) is 15.2. The van der Waals surface area contributed by atoms with Crippen LogP contribution in [0.25, 0.3) is 22.0 Å². The summed E-state index contributed by atoms with van der Waals surface area (Å²) in [7, 11) is 0. The maximum Gasteiger partial charge on any atom is 0.134 e. The number of nitrogens with zero attached hydrogens (tertiary/aromatic N) is 2. The van der Waals surface area contributed by atoms with Crippen molar-refractivity contribution in [2.75, 3.05) is 17.2 Å². The second-order valence-electron chi connectivity index (χ2n) is 6.73. The van der Waals surface area contributed by atoms with Gasteiger partial charge in [0, 0.05) is 29.7 Å². The van der Waals surface area contributed by atoms with Gasteiger partial charge in [-0.2, -0.15) is 11.3 Å². The molecule has 1 aliphatic heterocycles. The number of hydrogen-bond donors (Lipinski definition) is 1. The van der Waals surface area contributed by atoms with Gasteiger partial charge >= 0.3 is 0 Å². The molecule has 0 aliphatic carbocycles. The zero-order chi connectivity index (χ0) is 17.5. The monoisotopic (exact) mass is 357 g/mol. The third-order valence-electron chi connectivity index (χ3n) is 5.11. The summed E-state index contributed by atoms with van der Waals surface area (Å²) in [5.41, 5.74) is 13.4. The summed E-state index contributed by atoms with van der Waals surface area (Å²) in [6.07, 6.45) is 0.958. The summed E-state index contributed by atoms with van der Waals surface area (Å²) in [5.74, 6) is 1.04. The van der Waals surface area contributed by atoms with E-state index in [1.165, 1.54) is 22.3 Å². The number of aromatic nitrogens is 1. The van der Waals surface area contributed by atoms with Crippen molar-refractivity contribution in [1.29, 1.82) is 0 Å². The van der Waals surface area contributed by atoms with Crippen LogP contribution in [-0.4, -0.2) is 11.5 Å². The highest BCUT2D eigenvalue weighted by Gasteiger charge is 2.24. The van der Waals surface area contributed by atoms with Crippen LogP contribution in [0.1, 0.15) is 11.1 Å². The number of thiophene rings is 1. The minimum absolute atomic E-state index is 0.874. The SMILES string of the molecule is Nc1c2c(nc3ccc(-c4ccsc4)cc13)N(Cc1ccccc1)CC2. The van der Waals surface area contributed by atoms with Crippen LogP contribution < -0.4 is 10.6 Å². The summed E-state index contributed by atoms with van der Waals surface area (Å²) < 4.78 is 0. The third-order valence-corrected chi connectivity index (χ3v) is 5.79. The Kier molecular flexibility index (Phi) is 3.64. The molecule has 5 rings (SSSR count). The highest BCUT2D eigenvalue weighted by Crippen LogP contribution is 2.37. The number of fused-ring (bicyclic) bond motifs is 2. The van der Waals surface area contributed by atoms with Gasteiger partial charge in [0.05, 0.1) is 5.52 Å². The molecular weight excluding hydrogens is 338 g/mol. The van der Waals surface area contributed by atoms with Crippen LogP contribution in [0, 0.1) is 0 Å². The van der Waals surface area contributed by atoms with Crippen LogP contribution in [0.15, 0.2) is 65.4 Å². The van der Waals surface area contributed by atoms with E-state index in [2.05, 4.69) is 70.3 Å². The molecule has 0 bridgehead atoms. The zero-order valence-electron chi connectivity index (χ0n) is 14.4. The first-order valence-electron chi connectivity index (χ1n) is 8.83. The van der Waals surface area contributed by atoms with Crippen LogP contribution in [0.2, 0.25) is 0 Å². The van der Waals surface area contributed by atoms with Gasteiger partial charge < -0.3 is 10.6 Å². The van der Waals surface area contributed by atoms with E-state index in [0.29, 0.717) is 0 Å². The van der Waals surface area contributed by atoms with Crippen molar-refractivity contribution >= 4 is 33.7 Å². The van der Waals surface area contributed by atoms with Gasteiger partial charge in [-0.25, -0.2) is 4.98 Å². The minimum atomic E-state index is 0.874. The molecule has 0 saturated heterocycles. The predicted octanol–water partition coefficient (Wildman–Crippen LogP) is 5.11. The van der Waals surface area contributed by atoms with Crippen molar-refractivity contribution in [3.8, 4) is 11.1 Å². The van der Waals surface area contributed by atoms with Crippen molar-refractivity contribution in [1.82, 2.24) is 4.98 Å². The predicted molar refractivity (Wildman–Crippen MR) is 111 cm³/mol. The molecule has 1 aliphatic rings. The Labute approximate surface area is 156 Å². The van der Waals surface area contributed by atoms with Gasteiger partial charge in [0.15, 0.2) is 0 Å². The number of benzene rings is 2. The average molecular weight is 357 g/mol. The van der Waals surface area contributed by atoms with E-state index in [1.54, 1.807) is 11.3 Å². The Hall–Kier alpha value is -2.85. The lowest BCUT2D eigenvalue weighted by molar-refractivity contribution is 0.827. The molecule has 0 spiro atoms. The van der Waals surface area contributed by atoms with E-state index < -0.39 is 0 Å². The Balaban J connectivity index is 1.57. The van der Waals surface area contributed by atoms with Crippen LogP contribution in [-0.2, 0) is 13.0 Å². The molecule has 3 nitrogen and oxygen atoms in total. The topological polar surface area (TPSA) is 42.1 Å². The maximum absolute atomic E-state index is 6.58. The van der Waals surface area contributed by atoms with Gasteiger partial charge in [-0.3, -0.25) is 0 Å². The molecule has 128 valence electrons. The summed E-state index contributed by atoms with van der Waals surface area (Å²) in [5, 5.41) is 5.33. The van der Waals surface area contributed by atoms with E-state index in [-0.39, 0.29) is 0 Å². The Bertz CT molecular complexity index is 1070. The number of hydrogen-bond acceptors (Lipinski definition) is 4. The maximum atomic E-state index is 6.58. The van der Waals surface area contributed by atoms with Crippen molar-refractivity contribution in [2.24, 2.45) is 0 Å². The standard InChI is InChI=1S/C22H19N3S/c23-21-18-8-10-25(13-15-4-2-1-3-5-15)22(18)24-20-7-6-16(12-19(20)21)17-9-11-26-14-17/h1-7,9,11-12,14H,8,10,13H2,(H2,23,24). The van der Waals surface area contributed by atoms with Gasteiger partial charge in [-0.1, -0.05) is 36.4 Å². The second kappa shape index (κ2) is 6.15. The Morgan fingerprint density at radius 1 is 1.04 bits per heavy atom. The van der Waals surface area contributed by atoms with Crippen LogP contribution in [0.3, 0.4) is 0 Å². The molecule has 3 heterocycles. The molecule has 2 aromatic heterocycles. The summed E-state index contributed by atoms with van der Waals surface area (Å²) in [6.45, 7) is 1.84. The van der Waals surface area contributed by atoms with Crippen molar-refractivity contribution in [3.63, 3.8) is 0 Å².